The predicted molar refractivity (Wildman–Crippen MR) is 98.2 cm³/mol. The topological polar surface area (TPSA) is 86.1 Å². The van der Waals surface area contributed by atoms with Gasteiger partial charge in [0.15, 0.2) is 11.6 Å². The van der Waals surface area contributed by atoms with Crippen molar-refractivity contribution in [3.8, 4) is 17.1 Å². The Bertz CT molecular complexity index is 1010. The fraction of sp³-hybridized carbons (Fsp3) is 0.222. The molecule has 2 heterocycles. The molecule has 142 valence electrons. The van der Waals surface area contributed by atoms with Gasteiger partial charge in [0.05, 0.1) is 23.7 Å². The van der Waals surface area contributed by atoms with Gasteiger partial charge in [-0.1, -0.05) is 6.07 Å². The van der Waals surface area contributed by atoms with Crippen LogP contribution in [0.1, 0.15) is 6.92 Å². The molecule has 27 heavy (non-hydrogen) atoms. The minimum Gasteiger partial charge on any atom is -0.491 e. The van der Waals surface area contributed by atoms with Gasteiger partial charge in [0, 0.05) is 18.9 Å². The molecule has 0 saturated carbocycles. The molecule has 9 heteroatoms. The molecule has 0 aliphatic heterocycles. The van der Waals surface area contributed by atoms with Crippen molar-refractivity contribution in [1.29, 1.82) is 0 Å². The molecule has 0 unspecified atom stereocenters. The molecule has 1 N–H and O–H groups in total. The summed E-state index contributed by atoms with van der Waals surface area (Å²) in [5.41, 5.74) is 1.44. The molecule has 0 aliphatic carbocycles. The molecule has 0 saturated heterocycles. The third kappa shape index (κ3) is 4.69. The van der Waals surface area contributed by atoms with Crippen LogP contribution in [0.4, 0.5) is 4.39 Å². The Labute approximate surface area is 156 Å². The SMILES string of the molecule is CCOc1ccc(S(=O)(=O)NCCn2ccc(-c3ccccn3)n2)cc1F. The van der Waals surface area contributed by atoms with Gasteiger partial charge < -0.3 is 4.74 Å². The van der Waals surface area contributed by atoms with Crippen LogP contribution in [0.2, 0.25) is 0 Å². The highest BCUT2D eigenvalue weighted by Crippen LogP contribution is 2.21. The van der Waals surface area contributed by atoms with Gasteiger partial charge in [0.2, 0.25) is 10.0 Å². The summed E-state index contributed by atoms with van der Waals surface area (Å²) < 4.78 is 47.6. The molecule has 1 aromatic carbocycles. The molecule has 3 aromatic rings. The van der Waals surface area contributed by atoms with Crippen LogP contribution in [-0.2, 0) is 16.6 Å². The Morgan fingerprint density at radius 1 is 1.19 bits per heavy atom. The molecule has 0 aliphatic rings. The number of aromatic nitrogens is 3. The lowest BCUT2D eigenvalue weighted by molar-refractivity contribution is 0.321. The maximum Gasteiger partial charge on any atom is 0.240 e. The van der Waals surface area contributed by atoms with Gasteiger partial charge >= 0.3 is 0 Å². The van der Waals surface area contributed by atoms with Crippen LogP contribution in [0.5, 0.6) is 5.75 Å². The number of sulfonamides is 1. The van der Waals surface area contributed by atoms with E-state index in [1.54, 1.807) is 30.1 Å². The number of benzene rings is 1. The number of ether oxygens (including phenoxy) is 1. The first kappa shape index (κ1) is 19.0. The molecule has 0 bridgehead atoms. The van der Waals surface area contributed by atoms with E-state index in [-0.39, 0.29) is 17.2 Å². The van der Waals surface area contributed by atoms with E-state index in [2.05, 4.69) is 14.8 Å². The van der Waals surface area contributed by atoms with Crippen LogP contribution in [0, 0.1) is 5.82 Å². The summed E-state index contributed by atoms with van der Waals surface area (Å²) in [7, 11) is -3.83. The zero-order valence-electron chi connectivity index (χ0n) is 14.7. The van der Waals surface area contributed by atoms with Crippen molar-refractivity contribution in [3.63, 3.8) is 0 Å². The second-order valence-corrected chi connectivity index (χ2v) is 7.37. The number of hydrogen-bond acceptors (Lipinski definition) is 5. The predicted octanol–water partition coefficient (Wildman–Crippen LogP) is 2.46. The standard InChI is InChI=1S/C18H19FN4O3S/c1-2-26-18-7-6-14(13-15(18)19)27(24,25)21-10-12-23-11-8-17(22-23)16-5-3-4-9-20-16/h3-9,11,13,21H,2,10,12H2,1H3. The molecule has 2 aromatic heterocycles. The van der Waals surface area contributed by atoms with Crippen molar-refractivity contribution in [2.75, 3.05) is 13.2 Å². The van der Waals surface area contributed by atoms with Gasteiger partial charge in [0.1, 0.15) is 5.69 Å². The minimum atomic E-state index is -3.83. The summed E-state index contributed by atoms with van der Waals surface area (Å²) in [4.78, 5) is 4.06. The number of rotatable bonds is 8. The van der Waals surface area contributed by atoms with Crippen molar-refractivity contribution in [1.82, 2.24) is 19.5 Å². The lowest BCUT2D eigenvalue weighted by Crippen LogP contribution is -2.27. The fourth-order valence-corrected chi connectivity index (χ4v) is 3.47. The summed E-state index contributed by atoms with van der Waals surface area (Å²) in [6, 6.07) is 10.9. The van der Waals surface area contributed by atoms with Crippen LogP contribution in [0.3, 0.4) is 0 Å². The summed E-state index contributed by atoms with van der Waals surface area (Å²) in [6.07, 6.45) is 3.42. The number of nitrogens with zero attached hydrogens (tertiary/aromatic N) is 3. The molecule has 0 radical (unpaired) electrons. The average Bonchev–Trinajstić information content (AvgIpc) is 3.13. The number of hydrogen-bond donors (Lipinski definition) is 1. The first-order valence-corrected chi connectivity index (χ1v) is 9.85. The Hall–Kier alpha value is -2.78. The van der Waals surface area contributed by atoms with Gasteiger partial charge in [-0.3, -0.25) is 9.67 Å². The molecule has 0 fully saturated rings. The zero-order chi connectivity index (χ0) is 19.3. The van der Waals surface area contributed by atoms with E-state index in [4.69, 9.17) is 4.74 Å². The van der Waals surface area contributed by atoms with Crippen LogP contribution < -0.4 is 9.46 Å². The largest absolute Gasteiger partial charge is 0.491 e. The van der Waals surface area contributed by atoms with Crippen molar-refractivity contribution in [2.24, 2.45) is 0 Å². The van der Waals surface area contributed by atoms with E-state index in [1.807, 2.05) is 18.2 Å². The van der Waals surface area contributed by atoms with Crippen LogP contribution in [0.15, 0.2) is 59.8 Å². The highest BCUT2D eigenvalue weighted by molar-refractivity contribution is 7.89. The Morgan fingerprint density at radius 2 is 2.04 bits per heavy atom. The minimum absolute atomic E-state index is 0.0232. The second-order valence-electron chi connectivity index (χ2n) is 5.60. The van der Waals surface area contributed by atoms with Gasteiger partial charge in [-0.25, -0.2) is 17.5 Å². The maximum atomic E-state index is 13.9. The number of nitrogens with one attached hydrogen (secondary N) is 1. The van der Waals surface area contributed by atoms with Crippen LogP contribution in [0.25, 0.3) is 11.4 Å². The summed E-state index contributed by atoms with van der Waals surface area (Å²) >= 11 is 0. The molecule has 0 atom stereocenters. The van der Waals surface area contributed by atoms with E-state index in [0.717, 1.165) is 11.8 Å². The quantitative estimate of drug-likeness (QED) is 0.639. The first-order valence-electron chi connectivity index (χ1n) is 8.36. The monoisotopic (exact) mass is 390 g/mol. The lowest BCUT2D eigenvalue weighted by atomic mass is 10.3. The van der Waals surface area contributed by atoms with Gasteiger partial charge in [-0.2, -0.15) is 5.10 Å². The normalized spacial score (nSPS) is 11.5. The smallest absolute Gasteiger partial charge is 0.240 e. The van der Waals surface area contributed by atoms with Gasteiger partial charge in [0.25, 0.3) is 0 Å². The Balaban J connectivity index is 1.61. The van der Waals surface area contributed by atoms with Gasteiger partial charge in [-0.15, -0.1) is 0 Å². The van der Waals surface area contributed by atoms with Crippen molar-refractivity contribution >= 4 is 10.0 Å². The van der Waals surface area contributed by atoms with Gasteiger partial charge in [-0.05, 0) is 43.3 Å². The van der Waals surface area contributed by atoms with E-state index in [0.29, 0.717) is 18.8 Å². The summed E-state index contributed by atoms with van der Waals surface area (Å²) in [5.74, 6) is -0.693. The molecule has 0 amide bonds. The molecular weight excluding hydrogens is 371 g/mol. The lowest BCUT2D eigenvalue weighted by Gasteiger charge is -2.09. The third-order valence-corrected chi connectivity index (χ3v) is 5.17. The molecule has 7 nitrogen and oxygen atoms in total. The molecule has 0 spiro atoms. The van der Waals surface area contributed by atoms with E-state index in [9.17, 15) is 12.8 Å². The van der Waals surface area contributed by atoms with Crippen molar-refractivity contribution in [2.45, 2.75) is 18.4 Å². The fourth-order valence-electron chi connectivity index (χ4n) is 2.44. The van der Waals surface area contributed by atoms with E-state index >= 15 is 0 Å². The van der Waals surface area contributed by atoms with Crippen LogP contribution in [-0.4, -0.2) is 36.3 Å². The van der Waals surface area contributed by atoms with E-state index < -0.39 is 15.8 Å². The second kappa shape index (κ2) is 8.28. The summed E-state index contributed by atoms with van der Waals surface area (Å²) in [5, 5.41) is 4.36. The molecular formula is C18H19FN4O3S. The summed E-state index contributed by atoms with van der Waals surface area (Å²) in [6.45, 7) is 2.46. The molecule has 3 rings (SSSR count). The Morgan fingerprint density at radius 3 is 2.74 bits per heavy atom. The van der Waals surface area contributed by atoms with E-state index in [1.165, 1.54) is 12.1 Å². The highest BCUT2D eigenvalue weighted by atomic mass is 32.2. The van der Waals surface area contributed by atoms with Crippen molar-refractivity contribution in [3.05, 3.63) is 60.7 Å². The Kier molecular flexibility index (Phi) is 5.82. The average molecular weight is 390 g/mol. The first-order chi connectivity index (χ1) is 13.0. The van der Waals surface area contributed by atoms with Crippen molar-refractivity contribution < 1.29 is 17.5 Å². The maximum absolute atomic E-state index is 13.9. The number of pyridine rings is 1. The zero-order valence-corrected chi connectivity index (χ0v) is 15.5. The van der Waals surface area contributed by atoms with Crippen LogP contribution >= 0.6 is 0 Å². The number of halogens is 1. The third-order valence-electron chi connectivity index (χ3n) is 3.71. The highest BCUT2D eigenvalue weighted by Gasteiger charge is 2.16.